The maximum absolute atomic E-state index is 11.1. The molecule has 0 amide bonds. The highest BCUT2D eigenvalue weighted by Crippen LogP contribution is 2.16. The van der Waals surface area contributed by atoms with Gasteiger partial charge >= 0.3 is 5.97 Å². The lowest BCUT2D eigenvalue weighted by molar-refractivity contribution is -0.136. The summed E-state index contributed by atoms with van der Waals surface area (Å²) in [5.41, 5.74) is 1.68. The number of phenolic OH excluding ortho intramolecular Hbond substituents is 1. The second-order valence-corrected chi connectivity index (χ2v) is 3.17. The first kappa shape index (κ1) is 8.81. The van der Waals surface area contributed by atoms with Crippen LogP contribution in [0.25, 0.3) is 0 Å². The van der Waals surface area contributed by atoms with Crippen LogP contribution in [0.15, 0.2) is 35.9 Å². The molecule has 1 aliphatic heterocycles. The summed E-state index contributed by atoms with van der Waals surface area (Å²) in [7, 11) is 0. The summed E-state index contributed by atoms with van der Waals surface area (Å²) in [4.78, 5) is 11.1. The smallest absolute Gasteiger partial charge is 0.334 e. The molecule has 0 bridgehead atoms. The van der Waals surface area contributed by atoms with E-state index < -0.39 is 0 Å². The highest BCUT2D eigenvalue weighted by atomic mass is 16.5. The Kier molecular flexibility index (Phi) is 2.23. The van der Waals surface area contributed by atoms with Gasteiger partial charge in [0.05, 0.1) is 0 Å². The van der Waals surface area contributed by atoms with Gasteiger partial charge in [0.25, 0.3) is 0 Å². The van der Waals surface area contributed by atoms with E-state index in [1.165, 1.54) is 0 Å². The number of hydrogen-bond donors (Lipinski definition) is 1. The van der Waals surface area contributed by atoms with Crippen molar-refractivity contribution in [3.8, 4) is 5.75 Å². The minimum atomic E-state index is -0.238. The number of ether oxygens (including phenoxy) is 1. The highest BCUT2D eigenvalue weighted by molar-refractivity contribution is 5.90. The largest absolute Gasteiger partial charge is 0.508 e. The molecule has 1 aromatic rings. The molecule has 0 unspecified atom stereocenters. The van der Waals surface area contributed by atoms with Crippen LogP contribution in [0.3, 0.4) is 0 Å². The Hall–Kier alpha value is -1.77. The molecule has 0 fully saturated rings. The van der Waals surface area contributed by atoms with Crippen molar-refractivity contribution < 1.29 is 14.6 Å². The molecule has 3 heteroatoms. The van der Waals surface area contributed by atoms with Gasteiger partial charge in [-0.2, -0.15) is 0 Å². The van der Waals surface area contributed by atoms with Crippen LogP contribution in [0.2, 0.25) is 0 Å². The molecule has 1 heterocycles. The second-order valence-electron chi connectivity index (χ2n) is 3.17. The zero-order valence-corrected chi connectivity index (χ0v) is 7.56. The van der Waals surface area contributed by atoms with Crippen molar-refractivity contribution >= 4 is 5.97 Å². The molecule has 3 nitrogen and oxygen atoms in total. The van der Waals surface area contributed by atoms with E-state index in [4.69, 9.17) is 9.84 Å². The van der Waals surface area contributed by atoms with Crippen molar-refractivity contribution in [3.05, 3.63) is 41.5 Å². The molecule has 0 saturated carbocycles. The van der Waals surface area contributed by atoms with Gasteiger partial charge in [-0.1, -0.05) is 12.1 Å². The predicted molar refractivity (Wildman–Crippen MR) is 50.9 cm³/mol. The van der Waals surface area contributed by atoms with Crippen LogP contribution in [0, 0.1) is 0 Å². The summed E-state index contributed by atoms with van der Waals surface area (Å²) in [6.07, 6.45) is 2.36. The molecule has 1 N–H and O–H groups in total. The Bertz CT molecular complexity index is 376. The molecule has 14 heavy (non-hydrogen) atoms. The van der Waals surface area contributed by atoms with E-state index >= 15 is 0 Å². The third kappa shape index (κ3) is 1.76. The third-order valence-electron chi connectivity index (χ3n) is 2.14. The molecule has 0 aromatic heterocycles. The van der Waals surface area contributed by atoms with Gasteiger partial charge in [-0.3, -0.25) is 0 Å². The minimum absolute atomic E-state index is 0.233. The molecule has 1 aromatic carbocycles. The third-order valence-corrected chi connectivity index (χ3v) is 2.14. The van der Waals surface area contributed by atoms with Crippen LogP contribution < -0.4 is 0 Å². The number of cyclic esters (lactones) is 1. The van der Waals surface area contributed by atoms with E-state index in [0.29, 0.717) is 18.6 Å². The van der Waals surface area contributed by atoms with Crippen LogP contribution in [-0.4, -0.2) is 17.7 Å². The number of esters is 1. The van der Waals surface area contributed by atoms with Crippen LogP contribution >= 0.6 is 0 Å². The molecule has 72 valence electrons. The van der Waals surface area contributed by atoms with Gasteiger partial charge in [-0.05, 0) is 23.8 Å². The molecule has 0 spiro atoms. The number of carbonyl (C=O) groups is 1. The first-order valence-electron chi connectivity index (χ1n) is 4.40. The lowest BCUT2D eigenvalue weighted by Crippen LogP contribution is -2.01. The number of hydrogen-bond acceptors (Lipinski definition) is 3. The number of benzene rings is 1. The molecular weight excluding hydrogens is 180 g/mol. The SMILES string of the molecule is O=C1OCC=C1Cc1ccc(O)cc1. The van der Waals surface area contributed by atoms with E-state index in [0.717, 1.165) is 5.56 Å². The van der Waals surface area contributed by atoms with E-state index in [1.807, 2.05) is 0 Å². The van der Waals surface area contributed by atoms with Crippen molar-refractivity contribution in [3.63, 3.8) is 0 Å². The summed E-state index contributed by atoms with van der Waals surface area (Å²) in [5, 5.41) is 9.06. The van der Waals surface area contributed by atoms with Crippen LogP contribution in [0.5, 0.6) is 5.75 Å². The first-order chi connectivity index (χ1) is 6.75. The monoisotopic (exact) mass is 190 g/mol. The van der Waals surface area contributed by atoms with Crippen molar-refractivity contribution in [2.45, 2.75) is 6.42 Å². The number of phenols is 1. The minimum Gasteiger partial charge on any atom is -0.508 e. The van der Waals surface area contributed by atoms with E-state index in [-0.39, 0.29) is 11.7 Å². The fourth-order valence-corrected chi connectivity index (χ4v) is 1.37. The Morgan fingerprint density at radius 2 is 2.00 bits per heavy atom. The molecular formula is C11H10O3. The van der Waals surface area contributed by atoms with E-state index in [2.05, 4.69) is 0 Å². The summed E-state index contributed by atoms with van der Waals surface area (Å²) in [6, 6.07) is 6.80. The quantitative estimate of drug-likeness (QED) is 0.717. The normalized spacial score (nSPS) is 15.1. The number of rotatable bonds is 2. The van der Waals surface area contributed by atoms with E-state index in [1.54, 1.807) is 30.3 Å². The Balaban J connectivity index is 2.11. The average molecular weight is 190 g/mol. The van der Waals surface area contributed by atoms with Crippen LogP contribution in [-0.2, 0) is 16.0 Å². The maximum atomic E-state index is 11.1. The Morgan fingerprint density at radius 3 is 2.57 bits per heavy atom. The molecule has 2 rings (SSSR count). The average Bonchev–Trinajstić information content (AvgIpc) is 2.56. The maximum Gasteiger partial charge on any atom is 0.334 e. The molecule has 0 radical (unpaired) electrons. The fourth-order valence-electron chi connectivity index (χ4n) is 1.37. The number of aromatic hydroxyl groups is 1. The van der Waals surface area contributed by atoms with E-state index in [9.17, 15) is 4.79 Å². The van der Waals surface area contributed by atoms with Crippen molar-refractivity contribution in [2.24, 2.45) is 0 Å². The van der Waals surface area contributed by atoms with Gasteiger partial charge in [-0.15, -0.1) is 0 Å². The van der Waals surface area contributed by atoms with Crippen LogP contribution in [0.1, 0.15) is 5.56 Å². The van der Waals surface area contributed by atoms with Crippen molar-refractivity contribution in [2.75, 3.05) is 6.61 Å². The summed E-state index contributed by atoms with van der Waals surface area (Å²) in [6.45, 7) is 0.381. The van der Waals surface area contributed by atoms with Gasteiger partial charge in [0.2, 0.25) is 0 Å². The van der Waals surface area contributed by atoms with Gasteiger partial charge < -0.3 is 9.84 Å². The standard InChI is InChI=1S/C11H10O3/c12-10-3-1-8(2-4-10)7-9-5-6-14-11(9)13/h1-5,12H,6-7H2. The molecule has 0 aliphatic carbocycles. The second kappa shape index (κ2) is 3.54. The van der Waals surface area contributed by atoms with Crippen molar-refractivity contribution in [1.29, 1.82) is 0 Å². The molecule has 1 aliphatic rings. The predicted octanol–water partition coefficient (Wildman–Crippen LogP) is 1.42. The van der Waals surface area contributed by atoms with Gasteiger partial charge in [-0.25, -0.2) is 4.79 Å². The summed E-state index contributed by atoms with van der Waals surface area (Å²) >= 11 is 0. The first-order valence-corrected chi connectivity index (χ1v) is 4.40. The highest BCUT2D eigenvalue weighted by Gasteiger charge is 2.16. The summed E-state index contributed by atoms with van der Waals surface area (Å²) < 4.78 is 4.78. The van der Waals surface area contributed by atoms with Gasteiger partial charge in [0.15, 0.2) is 0 Å². The van der Waals surface area contributed by atoms with Gasteiger partial charge in [0, 0.05) is 12.0 Å². The zero-order chi connectivity index (χ0) is 9.97. The van der Waals surface area contributed by atoms with Crippen molar-refractivity contribution in [1.82, 2.24) is 0 Å². The molecule has 0 saturated heterocycles. The topological polar surface area (TPSA) is 46.5 Å². The molecule has 0 atom stereocenters. The Labute approximate surface area is 81.6 Å². The lowest BCUT2D eigenvalue weighted by atomic mass is 10.1. The fraction of sp³-hybridized carbons (Fsp3) is 0.182. The Morgan fingerprint density at radius 1 is 1.29 bits per heavy atom. The summed E-state index contributed by atoms with van der Waals surface area (Å²) in [5.74, 6) is -0.00481. The van der Waals surface area contributed by atoms with Gasteiger partial charge in [0.1, 0.15) is 12.4 Å². The lowest BCUT2D eigenvalue weighted by Gasteiger charge is -2.00. The zero-order valence-electron chi connectivity index (χ0n) is 7.56. The van der Waals surface area contributed by atoms with Crippen LogP contribution in [0.4, 0.5) is 0 Å². The number of carbonyl (C=O) groups excluding carboxylic acids is 1.